The van der Waals surface area contributed by atoms with Crippen LogP contribution in [0.2, 0.25) is 0 Å². The van der Waals surface area contributed by atoms with Crippen molar-refractivity contribution in [2.75, 3.05) is 20.3 Å². The van der Waals surface area contributed by atoms with Crippen LogP contribution in [0.25, 0.3) is 0 Å². The SMILES string of the molecule is COc1ccc(C(C)N)cc1COCCOC(C)C. The number of nitrogens with two attached hydrogens (primary N) is 1. The number of ether oxygens (including phenoxy) is 3. The molecule has 19 heavy (non-hydrogen) atoms. The van der Waals surface area contributed by atoms with Gasteiger partial charge in [0.05, 0.1) is 33.0 Å². The largest absolute Gasteiger partial charge is 0.496 e. The molecule has 4 heteroatoms. The van der Waals surface area contributed by atoms with Crippen LogP contribution in [-0.2, 0) is 16.1 Å². The maximum absolute atomic E-state index is 5.88. The highest BCUT2D eigenvalue weighted by atomic mass is 16.5. The summed E-state index contributed by atoms with van der Waals surface area (Å²) in [5.74, 6) is 0.828. The molecule has 0 saturated heterocycles. The standard InChI is InChI=1S/C15H25NO3/c1-11(2)19-8-7-18-10-14-9-13(12(3)16)5-6-15(14)17-4/h5-6,9,11-12H,7-8,10,16H2,1-4H3. The van der Waals surface area contributed by atoms with Gasteiger partial charge in [-0.15, -0.1) is 0 Å². The predicted octanol–water partition coefficient (Wildman–Crippen LogP) is 2.66. The molecule has 1 unspecified atom stereocenters. The monoisotopic (exact) mass is 267 g/mol. The molecule has 0 aliphatic carbocycles. The maximum atomic E-state index is 5.88. The van der Waals surface area contributed by atoms with Crippen LogP contribution in [-0.4, -0.2) is 26.4 Å². The van der Waals surface area contributed by atoms with Gasteiger partial charge in [-0.2, -0.15) is 0 Å². The lowest BCUT2D eigenvalue weighted by Gasteiger charge is -2.13. The van der Waals surface area contributed by atoms with Gasteiger partial charge in [0.1, 0.15) is 5.75 Å². The third-order valence-electron chi connectivity index (χ3n) is 2.77. The molecule has 4 nitrogen and oxygen atoms in total. The van der Waals surface area contributed by atoms with E-state index < -0.39 is 0 Å². The Balaban J connectivity index is 2.53. The van der Waals surface area contributed by atoms with Crippen molar-refractivity contribution in [1.29, 1.82) is 0 Å². The molecule has 108 valence electrons. The Morgan fingerprint density at radius 2 is 1.89 bits per heavy atom. The van der Waals surface area contributed by atoms with Crippen LogP contribution < -0.4 is 10.5 Å². The molecule has 0 amide bonds. The Kier molecular flexibility index (Phi) is 6.84. The highest BCUT2D eigenvalue weighted by molar-refractivity contribution is 5.37. The number of hydrogen-bond acceptors (Lipinski definition) is 4. The molecular formula is C15H25NO3. The van der Waals surface area contributed by atoms with Crippen LogP contribution in [0.4, 0.5) is 0 Å². The zero-order valence-electron chi connectivity index (χ0n) is 12.3. The Labute approximate surface area is 115 Å². The van der Waals surface area contributed by atoms with Crippen LogP contribution in [0.1, 0.15) is 37.9 Å². The van der Waals surface area contributed by atoms with E-state index in [1.54, 1.807) is 7.11 Å². The second-order valence-corrected chi connectivity index (χ2v) is 4.83. The summed E-state index contributed by atoms with van der Waals surface area (Å²) in [5.41, 5.74) is 7.98. The van der Waals surface area contributed by atoms with Crippen molar-refractivity contribution in [2.45, 2.75) is 39.5 Å². The maximum Gasteiger partial charge on any atom is 0.124 e. The molecule has 0 aliphatic rings. The average molecular weight is 267 g/mol. The summed E-state index contributed by atoms with van der Waals surface area (Å²) in [7, 11) is 1.66. The summed E-state index contributed by atoms with van der Waals surface area (Å²) in [4.78, 5) is 0. The summed E-state index contributed by atoms with van der Waals surface area (Å²) in [6.07, 6.45) is 0.236. The molecule has 0 saturated carbocycles. The molecule has 0 aliphatic heterocycles. The molecule has 0 spiro atoms. The van der Waals surface area contributed by atoms with Crippen LogP contribution in [0.3, 0.4) is 0 Å². The van der Waals surface area contributed by atoms with Gasteiger partial charge in [0.25, 0.3) is 0 Å². The minimum atomic E-state index is 0.00827. The van der Waals surface area contributed by atoms with Crippen LogP contribution >= 0.6 is 0 Å². The first-order valence-corrected chi connectivity index (χ1v) is 6.66. The van der Waals surface area contributed by atoms with Crippen molar-refractivity contribution in [3.63, 3.8) is 0 Å². The first-order valence-electron chi connectivity index (χ1n) is 6.66. The molecule has 0 heterocycles. The van der Waals surface area contributed by atoms with E-state index in [0.29, 0.717) is 19.8 Å². The number of benzene rings is 1. The molecule has 0 bridgehead atoms. The lowest BCUT2D eigenvalue weighted by atomic mass is 10.1. The minimum absolute atomic E-state index is 0.00827. The second kappa shape index (κ2) is 8.15. The molecule has 0 fully saturated rings. The third kappa shape index (κ3) is 5.59. The highest BCUT2D eigenvalue weighted by Crippen LogP contribution is 2.23. The van der Waals surface area contributed by atoms with Crippen molar-refractivity contribution in [3.05, 3.63) is 29.3 Å². The molecule has 0 radical (unpaired) electrons. The molecule has 1 atom stereocenters. The average Bonchev–Trinajstić information content (AvgIpc) is 2.37. The van der Waals surface area contributed by atoms with E-state index in [2.05, 4.69) is 0 Å². The van der Waals surface area contributed by atoms with Gasteiger partial charge in [0.2, 0.25) is 0 Å². The second-order valence-electron chi connectivity index (χ2n) is 4.83. The van der Waals surface area contributed by atoms with Gasteiger partial charge in [-0.25, -0.2) is 0 Å². The quantitative estimate of drug-likeness (QED) is 0.736. The fourth-order valence-electron chi connectivity index (χ4n) is 1.72. The van der Waals surface area contributed by atoms with Crippen molar-refractivity contribution in [2.24, 2.45) is 5.73 Å². The topological polar surface area (TPSA) is 53.7 Å². The molecule has 1 rings (SSSR count). The zero-order valence-corrected chi connectivity index (χ0v) is 12.3. The smallest absolute Gasteiger partial charge is 0.124 e. The first kappa shape index (κ1) is 16.0. The van der Waals surface area contributed by atoms with Gasteiger partial charge in [-0.1, -0.05) is 6.07 Å². The van der Waals surface area contributed by atoms with Gasteiger partial charge in [-0.3, -0.25) is 0 Å². The van der Waals surface area contributed by atoms with E-state index >= 15 is 0 Å². The zero-order chi connectivity index (χ0) is 14.3. The normalized spacial score (nSPS) is 12.7. The first-order chi connectivity index (χ1) is 9.04. The van der Waals surface area contributed by atoms with Gasteiger partial charge in [0.15, 0.2) is 0 Å². The fourth-order valence-corrected chi connectivity index (χ4v) is 1.72. The van der Waals surface area contributed by atoms with Crippen LogP contribution in [0, 0.1) is 0 Å². The number of rotatable bonds is 8. The van der Waals surface area contributed by atoms with Gasteiger partial charge < -0.3 is 19.9 Å². The van der Waals surface area contributed by atoms with Crippen molar-refractivity contribution in [1.82, 2.24) is 0 Å². The van der Waals surface area contributed by atoms with Crippen LogP contribution in [0.5, 0.6) is 5.75 Å². The Bertz CT molecular complexity index is 378. The van der Waals surface area contributed by atoms with E-state index in [1.807, 2.05) is 39.0 Å². The lowest BCUT2D eigenvalue weighted by molar-refractivity contribution is 0.0139. The van der Waals surface area contributed by atoms with E-state index in [4.69, 9.17) is 19.9 Å². The molecule has 0 aromatic heterocycles. The predicted molar refractivity (Wildman–Crippen MR) is 76.3 cm³/mol. The Morgan fingerprint density at radius 3 is 2.47 bits per heavy atom. The summed E-state index contributed by atoms with van der Waals surface area (Å²) in [5, 5.41) is 0. The minimum Gasteiger partial charge on any atom is -0.496 e. The van der Waals surface area contributed by atoms with E-state index in [9.17, 15) is 0 Å². The van der Waals surface area contributed by atoms with E-state index in [0.717, 1.165) is 16.9 Å². The Hall–Kier alpha value is -1.10. The molecule has 1 aromatic rings. The molecule has 1 aromatic carbocycles. The summed E-state index contributed by atoms with van der Waals surface area (Å²) in [6, 6.07) is 5.96. The number of hydrogen-bond donors (Lipinski definition) is 1. The Morgan fingerprint density at radius 1 is 1.16 bits per heavy atom. The molecule has 2 N–H and O–H groups in total. The van der Waals surface area contributed by atoms with Crippen molar-refractivity contribution >= 4 is 0 Å². The van der Waals surface area contributed by atoms with Gasteiger partial charge >= 0.3 is 0 Å². The third-order valence-corrected chi connectivity index (χ3v) is 2.77. The number of methoxy groups -OCH3 is 1. The summed E-state index contributed by atoms with van der Waals surface area (Å²) < 4.78 is 16.3. The highest BCUT2D eigenvalue weighted by Gasteiger charge is 2.07. The summed E-state index contributed by atoms with van der Waals surface area (Å²) in [6.45, 7) is 7.66. The molecular weight excluding hydrogens is 242 g/mol. The summed E-state index contributed by atoms with van der Waals surface area (Å²) >= 11 is 0. The van der Waals surface area contributed by atoms with Gasteiger partial charge in [-0.05, 0) is 38.5 Å². The van der Waals surface area contributed by atoms with Gasteiger partial charge in [0, 0.05) is 11.6 Å². The fraction of sp³-hybridized carbons (Fsp3) is 0.600. The van der Waals surface area contributed by atoms with Crippen molar-refractivity contribution < 1.29 is 14.2 Å². The van der Waals surface area contributed by atoms with Crippen molar-refractivity contribution in [3.8, 4) is 5.75 Å². The van der Waals surface area contributed by atoms with E-state index in [1.165, 1.54) is 0 Å². The van der Waals surface area contributed by atoms with Crippen LogP contribution in [0.15, 0.2) is 18.2 Å². The lowest BCUT2D eigenvalue weighted by Crippen LogP contribution is -2.10. The van der Waals surface area contributed by atoms with E-state index in [-0.39, 0.29) is 12.1 Å².